The molecule has 4 nitrogen and oxygen atoms in total. The Labute approximate surface area is 114 Å². The summed E-state index contributed by atoms with van der Waals surface area (Å²) in [6, 6.07) is 0.631. The SMILES string of the molecule is CCN(Cc1c(Cl)c(C)nn1CC)C1CCNC1. The second-order valence-corrected chi connectivity index (χ2v) is 5.25. The molecule has 0 amide bonds. The van der Waals surface area contributed by atoms with Gasteiger partial charge in [0.05, 0.1) is 16.4 Å². The number of likely N-dealkylation sites (N-methyl/N-ethyl adjacent to an activating group) is 1. The molecule has 5 heteroatoms. The van der Waals surface area contributed by atoms with Crippen LogP contribution >= 0.6 is 11.6 Å². The predicted octanol–water partition coefficient (Wildman–Crippen LogP) is 2.05. The molecule has 0 aliphatic carbocycles. The monoisotopic (exact) mass is 270 g/mol. The number of hydrogen-bond donors (Lipinski definition) is 1. The minimum Gasteiger partial charge on any atom is -0.315 e. The topological polar surface area (TPSA) is 33.1 Å². The van der Waals surface area contributed by atoms with Crippen LogP contribution in [0.15, 0.2) is 0 Å². The summed E-state index contributed by atoms with van der Waals surface area (Å²) in [5, 5.41) is 8.74. The van der Waals surface area contributed by atoms with E-state index in [0.717, 1.165) is 49.1 Å². The quantitative estimate of drug-likeness (QED) is 0.889. The minimum absolute atomic E-state index is 0.631. The van der Waals surface area contributed by atoms with Gasteiger partial charge in [-0.15, -0.1) is 0 Å². The summed E-state index contributed by atoms with van der Waals surface area (Å²) in [5.74, 6) is 0. The third-order valence-electron chi connectivity index (χ3n) is 3.76. The van der Waals surface area contributed by atoms with Crippen molar-refractivity contribution in [2.24, 2.45) is 0 Å². The van der Waals surface area contributed by atoms with Crippen LogP contribution in [-0.4, -0.2) is 40.4 Å². The van der Waals surface area contributed by atoms with Crippen LogP contribution < -0.4 is 5.32 Å². The van der Waals surface area contributed by atoms with Gasteiger partial charge in [-0.3, -0.25) is 9.58 Å². The molecule has 1 aliphatic heterocycles. The first-order valence-electron chi connectivity index (χ1n) is 6.83. The Balaban J connectivity index is 2.15. The molecule has 1 unspecified atom stereocenters. The Hall–Kier alpha value is -0.580. The lowest BCUT2D eigenvalue weighted by Crippen LogP contribution is -2.36. The van der Waals surface area contributed by atoms with E-state index in [1.807, 2.05) is 11.6 Å². The van der Waals surface area contributed by atoms with Gasteiger partial charge in [0.25, 0.3) is 0 Å². The fraction of sp³-hybridized carbons (Fsp3) is 0.769. The number of hydrogen-bond acceptors (Lipinski definition) is 3. The summed E-state index contributed by atoms with van der Waals surface area (Å²) in [4.78, 5) is 2.49. The third kappa shape index (κ3) is 2.71. The van der Waals surface area contributed by atoms with Crippen LogP contribution in [0.1, 0.15) is 31.7 Å². The van der Waals surface area contributed by atoms with E-state index in [1.165, 1.54) is 6.42 Å². The van der Waals surface area contributed by atoms with Crippen LogP contribution in [0.5, 0.6) is 0 Å². The van der Waals surface area contributed by atoms with Gasteiger partial charge in [0, 0.05) is 25.7 Å². The highest BCUT2D eigenvalue weighted by Crippen LogP contribution is 2.23. The lowest BCUT2D eigenvalue weighted by Gasteiger charge is -2.27. The van der Waals surface area contributed by atoms with Gasteiger partial charge in [0.1, 0.15) is 0 Å². The first kappa shape index (κ1) is 13.8. The van der Waals surface area contributed by atoms with Crippen LogP contribution in [0.2, 0.25) is 5.02 Å². The zero-order valence-electron chi connectivity index (χ0n) is 11.5. The largest absolute Gasteiger partial charge is 0.315 e. The summed E-state index contributed by atoms with van der Waals surface area (Å²) < 4.78 is 2.03. The first-order chi connectivity index (χ1) is 8.67. The van der Waals surface area contributed by atoms with Gasteiger partial charge in [-0.1, -0.05) is 18.5 Å². The maximum absolute atomic E-state index is 6.37. The van der Waals surface area contributed by atoms with Crippen LogP contribution in [0.25, 0.3) is 0 Å². The van der Waals surface area contributed by atoms with E-state index < -0.39 is 0 Å². The summed E-state index contributed by atoms with van der Waals surface area (Å²) >= 11 is 6.37. The average molecular weight is 271 g/mol. The van der Waals surface area contributed by atoms with Crippen LogP contribution in [-0.2, 0) is 13.1 Å². The predicted molar refractivity (Wildman–Crippen MR) is 75.0 cm³/mol. The molecule has 0 aromatic carbocycles. The molecular weight excluding hydrogens is 248 g/mol. The molecule has 2 heterocycles. The number of halogens is 1. The van der Waals surface area contributed by atoms with Crippen LogP contribution in [0.4, 0.5) is 0 Å². The van der Waals surface area contributed by atoms with E-state index in [9.17, 15) is 0 Å². The Kier molecular flexibility index (Phi) is 4.65. The van der Waals surface area contributed by atoms with E-state index in [1.54, 1.807) is 0 Å². The maximum atomic E-state index is 6.37. The van der Waals surface area contributed by atoms with Crippen molar-refractivity contribution in [2.45, 2.75) is 46.3 Å². The highest BCUT2D eigenvalue weighted by molar-refractivity contribution is 6.31. The normalized spacial score (nSPS) is 19.9. The van der Waals surface area contributed by atoms with Crippen molar-refractivity contribution in [1.82, 2.24) is 20.0 Å². The van der Waals surface area contributed by atoms with Gasteiger partial charge in [0.15, 0.2) is 0 Å². The highest BCUT2D eigenvalue weighted by Gasteiger charge is 2.23. The Bertz CT molecular complexity index is 396. The lowest BCUT2D eigenvalue weighted by molar-refractivity contribution is 0.204. The molecule has 18 heavy (non-hydrogen) atoms. The molecule has 1 atom stereocenters. The second-order valence-electron chi connectivity index (χ2n) is 4.87. The molecular formula is C13H23ClN4. The van der Waals surface area contributed by atoms with Gasteiger partial charge >= 0.3 is 0 Å². The van der Waals surface area contributed by atoms with Gasteiger partial charge < -0.3 is 5.32 Å². The molecule has 0 spiro atoms. The molecule has 1 aromatic rings. The van der Waals surface area contributed by atoms with Gasteiger partial charge in [0.2, 0.25) is 0 Å². The number of aryl methyl sites for hydroxylation is 2. The van der Waals surface area contributed by atoms with Crippen molar-refractivity contribution in [1.29, 1.82) is 0 Å². The van der Waals surface area contributed by atoms with Crippen LogP contribution in [0.3, 0.4) is 0 Å². The van der Waals surface area contributed by atoms with Crippen molar-refractivity contribution in [2.75, 3.05) is 19.6 Å². The smallest absolute Gasteiger partial charge is 0.0860 e. The van der Waals surface area contributed by atoms with Gasteiger partial charge in [-0.05, 0) is 33.4 Å². The lowest BCUT2D eigenvalue weighted by atomic mass is 10.2. The molecule has 1 aromatic heterocycles. The standard InChI is InChI=1S/C13H23ClN4/c1-4-17(11-6-7-15-8-11)9-12-13(14)10(3)16-18(12)5-2/h11,15H,4-9H2,1-3H3. The van der Waals surface area contributed by atoms with E-state index in [4.69, 9.17) is 11.6 Å². The highest BCUT2D eigenvalue weighted by atomic mass is 35.5. The molecule has 2 rings (SSSR count). The summed E-state index contributed by atoms with van der Waals surface area (Å²) in [6.45, 7) is 11.3. The molecule has 1 fully saturated rings. The van der Waals surface area contributed by atoms with Crippen molar-refractivity contribution < 1.29 is 0 Å². The number of nitrogens with zero attached hydrogens (tertiary/aromatic N) is 3. The van der Waals surface area contributed by atoms with Crippen LogP contribution in [0, 0.1) is 6.92 Å². The molecule has 1 saturated heterocycles. The summed E-state index contributed by atoms with van der Waals surface area (Å²) in [5.41, 5.74) is 2.10. The van der Waals surface area contributed by atoms with E-state index in [0.29, 0.717) is 6.04 Å². The number of nitrogens with one attached hydrogen (secondary N) is 1. The van der Waals surface area contributed by atoms with Crippen molar-refractivity contribution in [3.63, 3.8) is 0 Å². The minimum atomic E-state index is 0.631. The molecule has 0 radical (unpaired) electrons. The van der Waals surface area contributed by atoms with E-state index in [-0.39, 0.29) is 0 Å². The van der Waals surface area contributed by atoms with Gasteiger partial charge in [-0.2, -0.15) is 5.10 Å². The summed E-state index contributed by atoms with van der Waals surface area (Å²) in [7, 11) is 0. The van der Waals surface area contributed by atoms with Crippen molar-refractivity contribution >= 4 is 11.6 Å². The van der Waals surface area contributed by atoms with Crippen molar-refractivity contribution in [3.05, 3.63) is 16.4 Å². The Morgan fingerprint density at radius 2 is 2.28 bits per heavy atom. The molecule has 1 aliphatic rings. The Morgan fingerprint density at radius 1 is 1.50 bits per heavy atom. The fourth-order valence-corrected chi connectivity index (χ4v) is 2.86. The average Bonchev–Trinajstić information content (AvgIpc) is 2.98. The molecule has 102 valence electrons. The Morgan fingerprint density at radius 3 is 2.83 bits per heavy atom. The number of rotatable bonds is 5. The second kappa shape index (κ2) is 6.04. The molecule has 0 bridgehead atoms. The first-order valence-corrected chi connectivity index (χ1v) is 7.21. The fourth-order valence-electron chi connectivity index (χ4n) is 2.66. The number of aromatic nitrogens is 2. The van der Waals surface area contributed by atoms with E-state index in [2.05, 4.69) is 29.2 Å². The van der Waals surface area contributed by atoms with Gasteiger partial charge in [-0.25, -0.2) is 0 Å². The third-order valence-corrected chi connectivity index (χ3v) is 4.25. The summed E-state index contributed by atoms with van der Waals surface area (Å²) in [6.07, 6.45) is 1.23. The van der Waals surface area contributed by atoms with E-state index >= 15 is 0 Å². The van der Waals surface area contributed by atoms with Crippen molar-refractivity contribution in [3.8, 4) is 0 Å². The molecule has 0 saturated carbocycles. The zero-order chi connectivity index (χ0) is 13.1. The zero-order valence-corrected chi connectivity index (χ0v) is 12.3. The molecule has 1 N–H and O–H groups in total. The maximum Gasteiger partial charge on any atom is 0.0860 e.